The van der Waals surface area contributed by atoms with Gasteiger partial charge in [-0.15, -0.1) is 0 Å². The van der Waals surface area contributed by atoms with Gasteiger partial charge in [-0.25, -0.2) is 13.1 Å². The van der Waals surface area contributed by atoms with Gasteiger partial charge in [0.25, 0.3) is 0 Å². The summed E-state index contributed by atoms with van der Waals surface area (Å²) in [6.07, 6.45) is 0. The van der Waals surface area contributed by atoms with E-state index in [0.29, 0.717) is 11.3 Å². The van der Waals surface area contributed by atoms with E-state index in [1.807, 2.05) is 13.0 Å². The maximum Gasteiger partial charge on any atom is 0.240 e. The Morgan fingerprint density at radius 3 is 2.35 bits per heavy atom. The third kappa shape index (κ3) is 5.00. The molecule has 0 atom stereocenters. The standard InChI is InChI=1S/C19H22N2O4S/c1-14-6-4-9-19(12-14)26(24,25)20-10-11-21(16(3)23)18-8-5-7-17(13-18)15(2)22/h4-9,12-13,20H,10-11H2,1-3H3. The van der Waals surface area contributed by atoms with E-state index in [1.54, 1.807) is 36.4 Å². The molecule has 138 valence electrons. The maximum absolute atomic E-state index is 12.4. The number of amides is 1. The first-order chi connectivity index (χ1) is 12.2. The summed E-state index contributed by atoms with van der Waals surface area (Å²) in [4.78, 5) is 25.1. The van der Waals surface area contributed by atoms with Crippen molar-refractivity contribution in [3.05, 3.63) is 59.7 Å². The van der Waals surface area contributed by atoms with Crippen molar-refractivity contribution in [3.63, 3.8) is 0 Å². The predicted molar refractivity (Wildman–Crippen MR) is 101 cm³/mol. The number of benzene rings is 2. The van der Waals surface area contributed by atoms with Crippen LogP contribution in [0, 0.1) is 6.92 Å². The minimum absolute atomic E-state index is 0.0557. The summed E-state index contributed by atoms with van der Waals surface area (Å²) >= 11 is 0. The Morgan fingerprint density at radius 1 is 1.04 bits per heavy atom. The Labute approximate surface area is 153 Å². The fraction of sp³-hybridized carbons (Fsp3) is 0.263. The largest absolute Gasteiger partial charge is 0.311 e. The lowest BCUT2D eigenvalue weighted by Crippen LogP contribution is -2.37. The summed E-state index contributed by atoms with van der Waals surface area (Å²) in [5, 5.41) is 0. The van der Waals surface area contributed by atoms with Crippen LogP contribution in [0.4, 0.5) is 5.69 Å². The van der Waals surface area contributed by atoms with Gasteiger partial charge in [0.05, 0.1) is 4.90 Å². The Bertz CT molecular complexity index is 923. The third-order valence-corrected chi connectivity index (χ3v) is 5.33. The maximum atomic E-state index is 12.4. The number of anilines is 1. The first-order valence-electron chi connectivity index (χ1n) is 8.16. The third-order valence-electron chi connectivity index (χ3n) is 3.87. The molecule has 0 radical (unpaired) electrons. The van der Waals surface area contributed by atoms with Gasteiger partial charge in [0.1, 0.15) is 0 Å². The van der Waals surface area contributed by atoms with Crippen LogP contribution in [0.25, 0.3) is 0 Å². The van der Waals surface area contributed by atoms with E-state index in [-0.39, 0.29) is 29.7 Å². The van der Waals surface area contributed by atoms with Crippen LogP contribution in [0.1, 0.15) is 29.8 Å². The first kappa shape index (κ1) is 19.8. The van der Waals surface area contributed by atoms with Crippen molar-refractivity contribution in [2.24, 2.45) is 0 Å². The average Bonchev–Trinajstić information content (AvgIpc) is 2.58. The molecule has 0 saturated heterocycles. The Hall–Kier alpha value is -2.51. The summed E-state index contributed by atoms with van der Waals surface area (Å²) in [7, 11) is -3.65. The van der Waals surface area contributed by atoms with E-state index in [9.17, 15) is 18.0 Å². The van der Waals surface area contributed by atoms with E-state index in [0.717, 1.165) is 5.56 Å². The molecular weight excluding hydrogens is 352 g/mol. The fourth-order valence-corrected chi connectivity index (χ4v) is 3.64. The lowest BCUT2D eigenvalue weighted by Gasteiger charge is -2.22. The van der Waals surface area contributed by atoms with Gasteiger partial charge in [0.15, 0.2) is 5.78 Å². The van der Waals surface area contributed by atoms with E-state index < -0.39 is 10.0 Å². The summed E-state index contributed by atoms with van der Waals surface area (Å²) in [6, 6.07) is 13.3. The summed E-state index contributed by atoms with van der Waals surface area (Å²) in [6.45, 7) is 4.88. The summed E-state index contributed by atoms with van der Waals surface area (Å²) in [5.41, 5.74) is 1.90. The number of rotatable bonds is 7. The zero-order valence-electron chi connectivity index (χ0n) is 15.0. The van der Waals surface area contributed by atoms with Gasteiger partial charge in [-0.3, -0.25) is 9.59 Å². The van der Waals surface area contributed by atoms with Crippen LogP contribution in [0.2, 0.25) is 0 Å². The number of ketones is 1. The molecule has 6 nitrogen and oxygen atoms in total. The molecule has 7 heteroatoms. The number of aryl methyl sites for hydroxylation is 1. The monoisotopic (exact) mass is 374 g/mol. The molecule has 1 N–H and O–H groups in total. The van der Waals surface area contributed by atoms with E-state index in [4.69, 9.17) is 0 Å². The number of nitrogens with zero attached hydrogens (tertiary/aromatic N) is 1. The number of sulfonamides is 1. The molecule has 0 aromatic heterocycles. The van der Waals surface area contributed by atoms with Crippen LogP contribution in [-0.4, -0.2) is 33.2 Å². The highest BCUT2D eigenvalue weighted by Crippen LogP contribution is 2.17. The van der Waals surface area contributed by atoms with Crippen molar-refractivity contribution >= 4 is 27.4 Å². The van der Waals surface area contributed by atoms with Crippen LogP contribution < -0.4 is 9.62 Å². The van der Waals surface area contributed by atoms with Crippen molar-refractivity contribution in [2.75, 3.05) is 18.0 Å². The van der Waals surface area contributed by atoms with Crippen LogP contribution in [0.15, 0.2) is 53.4 Å². The smallest absolute Gasteiger partial charge is 0.240 e. The Balaban J connectivity index is 2.11. The zero-order chi connectivity index (χ0) is 19.3. The lowest BCUT2D eigenvalue weighted by atomic mass is 10.1. The molecule has 1 amide bonds. The molecule has 0 heterocycles. The normalized spacial score (nSPS) is 11.2. The van der Waals surface area contributed by atoms with Crippen LogP contribution >= 0.6 is 0 Å². The molecule has 0 aliphatic heterocycles. The molecule has 26 heavy (non-hydrogen) atoms. The zero-order valence-corrected chi connectivity index (χ0v) is 15.8. The second-order valence-corrected chi connectivity index (χ2v) is 7.76. The quantitative estimate of drug-likeness (QED) is 0.755. The van der Waals surface area contributed by atoms with Crippen LogP contribution in [-0.2, 0) is 14.8 Å². The SMILES string of the molecule is CC(=O)c1cccc(N(CCNS(=O)(=O)c2cccc(C)c2)C(C)=O)c1. The Morgan fingerprint density at radius 2 is 1.73 bits per heavy atom. The summed E-state index contributed by atoms with van der Waals surface area (Å²) in [5.74, 6) is -0.337. The first-order valence-corrected chi connectivity index (χ1v) is 9.64. The molecule has 0 spiro atoms. The highest BCUT2D eigenvalue weighted by molar-refractivity contribution is 7.89. The topological polar surface area (TPSA) is 83.6 Å². The van der Waals surface area contributed by atoms with Gasteiger partial charge in [0.2, 0.25) is 15.9 Å². The van der Waals surface area contributed by atoms with Crippen molar-refractivity contribution in [2.45, 2.75) is 25.7 Å². The van der Waals surface area contributed by atoms with Crippen molar-refractivity contribution in [1.82, 2.24) is 4.72 Å². The number of hydrogen-bond donors (Lipinski definition) is 1. The molecule has 0 aliphatic carbocycles. The molecule has 2 rings (SSSR count). The molecule has 0 saturated carbocycles. The van der Waals surface area contributed by atoms with Crippen LogP contribution in [0.3, 0.4) is 0 Å². The van der Waals surface area contributed by atoms with Crippen molar-refractivity contribution < 1.29 is 18.0 Å². The molecule has 2 aromatic carbocycles. The fourth-order valence-electron chi connectivity index (χ4n) is 2.52. The van der Waals surface area contributed by atoms with Gasteiger partial charge >= 0.3 is 0 Å². The van der Waals surface area contributed by atoms with Crippen molar-refractivity contribution in [1.29, 1.82) is 0 Å². The minimum Gasteiger partial charge on any atom is -0.311 e. The lowest BCUT2D eigenvalue weighted by molar-refractivity contribution is -0.116. The molecule has 0 bridgehead atoms. The van der Waals surface area contributed by atoms with Crippen molar-refractivity contribution in [3.8, 4) is 0 Å². The van der Waals surface area contributed by atoms with Gasteiger partial charge in [-0.05, 0) is 43.7 Å². The molecule has 2 aromatic rings. The van der Waals surface area contributed by atoms with E-state index in [2.05, 4.69) is 4.72 Å². The number of hydrogen-bond acceptors (Lipinski definition) is 4. The second-order valence-electron chi connectivity index (χ2n) is 5.99. The second kappa shape index (κ2) is 8.25. The average molecular weight is 374 g/mol. The van der Waals surface area contributed by atoms with Gasteiger partial charge in [-0.2, -0.15) is 0 Å². The molecule has 0 unspecified atom stereocenters. The minimum atomic E-state index is -3.65. The number of carbonyl (C=O) groups is 2. The van der Waals surface area contributed by atoms with E-state index >= 15 is 0 Å². The number of Topliss-reactive ketones (excluding diaryl/α,β-unsaturated/α-hetero) is 1. The number of nitrogens with one attached hydrogen (secondary N) is 1. The molecule has 0 aliphatic rings. The number of carbonyl (C=O) groups excluding carboxylic acids is 2. The summed E-state index contributed by atoms with van der Waals surface area (Å²) < 4.78 is 27.2. The highest BCUT2D eigenvalue weighted by Gasteiger charge is 2.17. The van der Waals surface area contributed by atoms with Gasteiger partial charge in [-0.1, -0.05) is 24.3 Å². The Kier molecular flexibility index (Phi) is 6.28. The van der Waals surface area contributed by atoms with Crippen LogP contribution in [0.5, 0.6) is 0 Å². The van der Waals surface area contributed by atoms with Gasteiger partial charge in [0, 0.05) is 31.3 Å². The molecule has 0 fully saturated rings. The molecular formula is C19H22N2O4S. The predicted octanol–water partition coefficient (Wildman–Crippen LogP) is 2.53. The van der Waals surface area contributed by atoms with E-state index in [1.165, 1.54) is 24.8 Å². The highest BCUT2D eigenvalue weighted by atomic mass is 32.2. The van der Waals surface area contributed by atoms with Gasteiger partial charge < -0.3 is 4.90 Å².